The molecule has 0 saturated carbocycles. The number of hydrogen-bond donors (Lipinski definition) is 3. The molecule has 78 heavy (non-hydrogen) atoms. The first-order chi connectivity index (χ1) is 38.0. The van der Waals surface area contributed by atoms with Crippen molar-refractivity contribution < 1.29 is 32.9 Å². The number of phosphoric ester groups is 1. The first-order valence-electron chi connectivity index (χ1n) is 31.9. The molecule has 3 N–H and O–H groups in total. The number of carbonyl (C=O) groups is 1. The lowest BCUT2D eigenvalue weighted by atomic mass is 10.0. The number of unbranched alkanes of at least 4 members (excludes halogenated alkanes) is 26. The average Bonchev–Trinajstić information content (AvgIpc) is 3.41. The van der Waals surface area contributed by atoms with E-state index in [-0.39, 0.29) is 19.1 Å². The number of nitrogens with zero attached hydrogens (tertiary/aromatic N) is 1. The zero-order chi connectivity index (χ0) is 57.0. The maximum atomic E-state index is 13.0. The van der Waals surface area contributed by atoms with Crippen LogP contribution in [-0.4, -0.2) is 73.4 Å². The molecule has 0 aromatic carbocycles. The van der Waals surface area contributed by atoms with Gasteiger partial charge in [-0.3, -0.25) is 13.8 Å². The molecule has 0 saturated heterocycles. The van der Waals surface area contributed by atoms with Crippen LogP contribution >= 0.6 is 7.82 Å². The Morgan fingerprint density at radius 3 is 1.18 bits per heavy atom. The first-order valence-corrected chi connectivity index (χ1v) is 33.4. The molecule has 1 amide bonds. The van der Waals surface area contributed by atoms with Crippen molar-refractivity contribution in [2.45, 2.75) is 270 Å². The second-order valence-corrected chi connectivity index (χ2v) is 23.8. The van der Waals surface area contributed by atoms with Crippen molar-refractivity contribution in [3.63, 3.8) is 0 Å². The minimum Gasteiger partial charge on any atom is -0.387 e. The van der Waals surface area contributed by atoms with E-state index >= 15 is 0 Å². The summed E-state index contributed by atoms with van der Waals surface area (Å²) in [7, 11) is 1.54. The van der Waals surface area contributed by atoms with E-state index in [1.165, 1.54) is 141 Å². The fourth-order valence-electron chi connectivity index (χ4n) is 8.72. The topological polar surface area (TPSA) is 105 Å². The molecule has 0 aliphatic heterocycles. The lowest BCUT2D eigenvalue weighted by molar-refractivity contribution is -0.870. The smallest absolute Gasteiger partial charge is 0.387 e. The number of hydrogen-bond acceptors (Lipinski definition) is 5. The van der Waals surface area contributed by atoms with E-state index in [2.05, 4.69) is 129 Å². The molecule has 0 aromatic rings. The van der Waals surface area contributed by atoms with Gasteiger partial charge >= 0.3 is 7.82 Å². The maximum absolute atomic E-state index is 13.0. The monoisotopic (exact) mass is 1110 g/mol. The molecule has 9 heteroatoms. The van der Waals surface area contributed by atoms with E-state index in [0.29, 0.717) is 17.4 Å². The summed E-state index contributed by atoms with van der Waals surface area (Å²) < 4.78 is 23.7. The van der Waals surface area contributed by atoms with Crippen molar-refractivity contribution >= 4 is 13.7 Å². The van der Waals surface area contributed by atoms with E-state index < -0.39 is 20.0 Å². The largest absolute Gasteiger partial charge is 0.472 e. The molecular weight excluding hydrogens is 984 g/mol. The van der Waals surface area contributed by atoms with E-state index in [9.17, 15) is 19.4 Å². The van der Waals surface area contributed by atoms with Gasteiger partial charge in [-0.1, -0.05) is 277 Å². The molecule has 0 fully saturated rings. The average molecular weight is 1110 g/mol. The van der Waals surface area contributed by atoms with Gasteiger partial charge in [0, 0.05) is 6.42 Å². The first kappa shape index (κ1) is 74.9. The Kier molecular flexibility index (Phi) is 56.2. The molecular formula is C69H122N2O6P+. The highest BCUT2D eigenvalue weighted by atomic mass is 31.2. The predicted octanol–water partition coefficient (Wildman–Crippen LogP) is 20.1. The number of aliphatic hydroxyl groups excluding tert-OH is 1. The normalized spacial score (nSPS) is 14.6. The van der Waals surface area contributed by atoms with Gasteiger partial charge in [0.15, 0.2) is 0 Å². The molecule has 0 bridgehead atoms. The summed E-state index contributed by atoms with van der Waals surface area (Å²) in [6.07, 6.45) is 87.4. The van der Waals surface area contributed by atoms with Crippen molar-refractivity contribution in [3.05, 3.63) is 122 Å². The minimum atomic E-state index is -4.37. The van der Waals surface area contributed by atoms with Gasteiger partial charge in [-0.2, -0.15) is 0 Å². The molecule has 0 heterocycles. The zero-order valence-corrected chi connectivity index (χ0v) is 52.0. The highest BCUT2D eigenvalue weighted by Crippen LogP contribution is 2.43. The van der Waals surface area contributed by atoms with Gasteiger partial charge in [0.2, 0.25) is 5.91 Å². The molecule has 0 aliphatic rings. The lowest BCUT2D eigenvalue weighted by Crippen LogP contribution is -2.45. The van der Waals surface area contributed by atoms with E-state index in [4.69, 9.17) is 9.05 Å². The SMILES string of the molecule is CC/C=C\C/C=C\C/C=C\C/C=C\C/C=C\C/C=C\C/C=C\C/C=C\CCCCCCCCCCCCC(=O)NC(COP(=O)(O)OCC[N+](C)(C)C)C(O)/C=C/CC/C=C/CCCCCCCCCCCCCCCCC. The lowest BCUT2D eigenvalue weighted by Gasteiger charge is -2.25. The Morgan fingerprint density at radius 1 is 0.449 bits per heavy atom. The third-order valence-electron chi connectivity index (χ3n) is 13.7. The molecule has 0 spiro atoms. The summed E-state index contributed by atoms with van der Waals surface area (Å²) in [4.78, 5) is 23.4. The van der Waals surface area contributed by atoms with Crippen LogP contribution in [-0.2, 0) is 18.4 Å². The summed E-state index contributed by atoms with van der Waals surface area (Å²) in [5, 5.41) is 13.9. The molecule has 0 aliphatic carbocycles. The van der Waals surface area contributed by atoms with Crippen LogP contribution in [0.4, 0.5) is 0 Å². The van der Waals surface area contributed by atoms with E-state index in [1.54, 1.807) is 6.08 Å². The second-order valence-electron chi connectivity index (χ2n) is 22.4. The summed E-state index contributed by atoms with van der Waals surface area (Å²) in [6.45, 7) is 4.68. The van der Waals surface area contributed by atoms with Gasteiger partial charge in [-0.15, -0.1) is 0 Å². The van der Waals surface area contributed by atoms with Gasteiger partial charge in [0.05, 0.1) is 39.9 Å². The number of likely N-dealkylation sites (N-methyl/N-ethyl adjacent to an activating group) is 1. The highest BCUT2D eigenvalue weighted by Gasteiger charge is 2.27. The summed E-state index contributed by atoms with van der Waals surface area (Å²) in [6, 6.07) is -0.875. The van der Waals surface area contributed by atoms with E-state index in [0.717, 1.165) is 96.3 Å². The summed E-state index contributed by atoms with van der Waals surface area (Å²) >= 11 is 0. The maximum Gasteiger partial charge on any atom is 0.472 e. The molecule has 3 atom stereocenters. The zero-order valence-electron chi connectivity index (χ0n) is 51.1. The highest BCUT2D eigenvalue weighted by molar-refractivity contribution is 7.47. The van der Waals surface area contributed by atoms with Crippen LogP contribution in [0, 0.1) is 0 Å². The number of rotatable bonds is 57. The van der Waals surface area contributed by atoms with Crippen LogP contribution in [0.1, 0.15) is 258 Å². The molecule has 0 rings (SSSR count). The van der Waals surface area contributed by atoms with Gasteiger partial charge < -0.3 is 19.8 Å². The number of phosphoric acid groups is 1. The predicted molar refractivity (Wildman–Crippen MR) is 341 cm³/mol. The van der Waals surface area contributed by atoms with Crippen molar-refractivity contribution in [2.24, 2.45) is 0 Å². The number of amides is 1. The number of allylic oxidation sites excluding steroid dienone is 19. The number of carbonyl (C=O) groups excluding carboxylic acids is 1. The van der Waals surface area contributed by atoms with Gasteiger partial charge in [0.25, 0.3) is 0 Å². The van der Waals surface area contributed by atoms with Gasteiger partial charge in [0.1, 0.15) is 13.2 Å². The van der Waals surface area contributed by atoms with Crippen LogP contribution in [0.15, 0.2) is 122 Å². The Balaban J connectivity index is 4.20. The third kappa shape index (κ3) is 60.5. The summed E-state index contributed by atoms with van der Waals surface area (Å²) in [5.74, 6) is -0.195. The third-order valence-corrected chi connectivity index (χ3v) is 14.6. The van der Waals surface area contributed by atoms with Crippen molar-refractivity contribution in [1.29, 1.82) is 0 Å². The van der Waals surface area contributed by atoms with Gasteiger partial charge in [-0.05, 0) is 96.3 Å². The summed E-state index contributed by atoms with van der Waals surface area (Å²) in [5.41, 5.74) is 0. The quantitative estimate of drug-likeness (QED) is 0.0243. The minimum absolute atomic E-state index is 0.0499. The van der Waals surface area contributed by atoms with Crippen LogP contribution in [0.5, 0.6) is 0 Å². The number of quaternary nitrogens is 1. The Hall–Kier alpha value is -3.10. The van der Waals surface area contributed by atoms with Crippen molar-refractivity contribution in [1.82, 2.24) is 5.32 Å². The number of nitrogens with one attached hydrogen (secondary N) is 1. The second kappa shape index (κ2) is 58.6. The fourth-order valence-corrected chi connectivity index (χ4v) is 9.46. The Bertz CT molecular complexity index is 1680. The molecule has 0 aromatic heterocycles. The van der Waals surface area contributed by atoms with Crippen LogP contribution in [0.2, 0.25) is 0 Å². The Morgan fingerprint density at radius 2 is 0.782 bits per heavy atom. The molecule has 3 unspecified atom stereocenters. The molecule has 0 radical (unpaired) electrons. The van der Waals surface area contributed by atoms with Crippen molar-refractivity contribution in [3.8, 4) is 0 Å². The van der Waals surface area contributed by atoms with Crippen molar-refractivity contribution in [2.75, 3.05) is 40.9 Å². The fraction of sp³-hybridized carbons (Fsp3) is 0.696. The van der Waals surface area contributed by atoms with Gasteiger partial charge in [-0.25, -0.2) is 4.57 Å². The standard InChI is InChI=1S/C69H121N2O6P/c1-6-8-10-12-14-16-18-20-22-24-26-28-29-30-31-32-33-34-35-36-37-38-39-40-41-43-45-47-49-51-53-55-57-59-61-63-69(73)70-67(66-77-78(74,75)76-65-64-71(3,4)5)68(72)62-60-58-56-54-52-50-48-46-44-42-27-25-23-21-19-17-15-13-11-9-7-2/h8,10,14,16,20,22,26,28,30-31,33-34,36-37,39-40,52,54,60,62,67-68,72H,6-7,9,11-13,15,17-19,21,23-25,27,29,32,35,38,41-51,53,55-59,61,63-66H2,1-5H3,(H-,70,73,74,75)/p+1/b10-8-,16-14-,22-20-,28-26-,31-30-,34-33-,37-36-,40-39-,54-52+,62-60+. The van der Waals surface area contributed by atoms with Crippen LogP contribution in [0.25, 0.3) is 0 Å². The molecule has 8 nitrogen and oxygen atoms in total. The Labute approximate surface area is 482 Å². The number of aliphatic hydroxyl groups is 1. The van der Waals surface area contributed by atoms with E-state index in [1.807, 2.05) is 27.2 Å². The van der Waals surface area contributed by atoms with Crippen LogP contribution in [0.3, 0.4) is 0 Å². The molecule has 448 valence electrons. The van der Waals surface area contributed by atoms with Crippen LogP contribution < -0.4 is 5.32 Å².